The van der Waals surface area contributed by atoms with Crippen LogP contribution in [0, 0.1) is 0 Å². The molecule has 1 aromatic carbocycles. The molecule has 1 amide bonds. The van der Waals surface area contributed by atoms with Gasteiger partial charge in [-0.15, -0.1) is 0 Å². The first-order valence-corrected chi connectivity index (χ1v) is 11.4. The summed E-state index contributed by atoms with van der Waals surface area (Å²) in [5.41, 5.74) is 0.483. The molecule has 2 aliphatic rings. The summed E-state index contributed by atoms with van der Waals surface area (Å²) >= 11 is 0. The molecule has 2 fully saturated rings. The van der Waals surface area contributed by atoms with Crippen LogP contribution >= 0.6 is 0 Å². The van der Waals surface area contributed by atoms with Crippen molar-refractivity contribution in [2.24, 2.45) is 0 Å². The van der Waals surface area contributed by atoms with Crippen LogP contribution in [0.5, 0.6) is 0 Å². The highest BCUT2D eigenvalue weighted by Gasteiger charge is 2.31. The molecule has 3 rings (SSSR count). The molecule has 2 heterocycles. The number of benzene rings is 1. The van der Waals surface area contributed by atoms with Gasteiger partial charge >= 0.3 is 0 Å². The molecule has 1 atom stereocenters. The van der Waals surface area contributed by atoms with Gasteiger partial charge in [0.2, 0.25) is 10.0 Å². The maximum absolute atomic E-state index is 13.1. The lowest BCUT2D eigenvalue weighted by atomic mass is 10.1. The Balaban J connectivity index is 1.81. The summed E-state index contributed by atoms with van der Waals surface area (Å²) in [6.07, 6.45) is 8.46. The second-order valence-electron chi connectivity index (χ2n) is 7.55. The quantitative estimate of drug-likeness (QED) is 0.806. The Kier molecular flexibility index (Phi) is 6.35. The lowest BCUT2D eigenvalue weighted by Gasteiger charge is -2.32. The van der Waals surface area contributed by atoms with Crippen LogP contribution in [0.2, 0.25) is 0 Å². The summed E-state index contributed by atoms with van der Waals surface area (Å²) in [4.78, 5) is 15.0. The topological polar surface area (TPSA) is 57.7 Å². The van der Waals surface area contributed by atoms with Crippen molar-refractivity contribution in [3.63, 3.8) is 0 Å². The molecule has 144 valence electrons. The minimum atomic E-state index is -3.55. The van der Waals surface area contributed by atoms with Crippen molar-refractivity contribution in [3.05, 3.63) is 29.8 Å². The number of hydrogen-bond donors (Lipinski definition) is 0. The number of amides is 1. The van der Waals surface area contributed by atoms with E-state index in [9.17, 15) is 13.2 Å². The SMILES string of the molecule is CC1CCCCN1S(=O)(=O)c1cccc(C(=O)N2CCCCCCC2)c1. The van der Waals surface area contributed by atoms with Crippen molar-refractivity contribution in [2.75, 3.05) is 19.6 Å². The molecule has 0 aromatic heterocycles. The van der Waals surface area contributed by atoms with Crippen molar-refractivity contribution in [3.8, 4) is 0 Å². The average Bonchev–Trinajstić information content (AvgIpc) is 2.61. The fourth-order valence-electron chi connectivity index (χ4n) is 3.99. The molecular formula is C20H30N2O3S. The number of carbonyl (C=O) groups is 1. The Morgan fingerprint density at radius 3 is 2.31 bits per heavy atom. The second kappa shape index (κ2) is 8.53. The Morgan fingerprint density at radius 2 is 1.62 bits per heavy atom. The van der Waals surface area contributed by atoms with E-state index in [2.05, 4.69) is 0 Å². The van der Waals surface area contributed by atoms with Crippen LogP contribution in [-0.4, -0.2) is 49.2 Å². The lowest BCUT2D eigenvalue weighted by molar-refractivity contribution is 0.0742. The van der Waals surface area contributed by atoms with Gasteiger partial charge in [-0.2, -0.15) is 4.31 Å². The van der Waals surface area contributed by atoms with E-state index in [-0.39, 0.29) is 16.8 Å². The van der Waals surface area contributed by atoms with Crippen molar-refractivity contribution in [1.29, 1.82) is 0 Å². The van der Waals surface area contributed by atoms with Gasteiger partial charge in [0.25, 0.3) is 5.91 Å². The van der Waals surface area contributed by atoms with Crippen molar-refractivity contribution >= 4 is 15.9 Å². The van der Waals surface area contributed by atoms with Gasteiger partial charge in [0.05, 0.1) is 4.90 Å². The van der Waals surface area contributed by atoms with Crippen LogP contribution in [-0.2, 0) is 10.0 Å². The number of nitrogens with zero attached hydrogens (tertiary/aromatic N) is 2. The molecule has 2 saturated heterocycles. The minimum Gasteiger partial charge on any atom is -0.339 e. The standard InChI is InChI=1S/C20H30N2O3S/c1-17-10-5-8-15-22(17)26(24,25)19-12-9-11-18(16-19)20(23)21-13-6-3-2-4-7-14-21/h9,11-12,16-17H,2-8,10,13-15H2,1H3. The second-order valence-corrected chi connectivity index (χ2v) is 9.44. The van der Waals surface area contributed by atoms with Gasteiger partial charge in [-0.3, -0.25) is 4.79 Å². The van der Waals surface area contributed by atoms with E-state index in [0.717, 1.165) is 58.0 Å². The van der Waals surface area contributed by atoms with E-state index in [4.69, 9.17) is 0 Å². The summed E-state index contributed by atoms with van der Waals surface area (Å²) in [7, 11) is -3.55. The smallest absolute Gasteiger partial charge is 0.253 e. The monoisotopic (exact) mass is 378 g/mol. The Labute approximate surface area is 157 Å². The molecule has 1 aromatic rings. The maximum Gasteiger partial charge on any atom is 0.253 e. The van der Waals surface area contributed by atoms with Gasteiger partial charge in [0, 0.05) is 31.2 Å². The van der Waals surface area contributed by atoms with E-state index in [1.165, 1.54) is 6.42 Å². The zero-order valence-electron chi connectivity index (χ0n) is 15.7. The molecule has 0 N–H and O–H groups in total. The molecule has 0 radical (unpaired) electrons. The van der Waals surface area contributed by atoms with Gasteiger partial charge in [0.15, 0.2) is 0 Å². The minimum absolute atomic E-state index is 0.0162. The highest BCUT2D eigenvalue weighted by atomic mass is 32.2. The van der Waals surface area contributed by atoms with Crippen LogP contribution in [0.25, 0.3) is 0 Å². The van der Waals surface area contributed by atoms with Crippen molar-refractivity contribution < 1.29 is 13.2 Å². The van der Waals surface area contributed by atoms with E-state index >= 15 is 0 Å². The fraction of sp³-hybridized carbons (Fsp3) is 0.650. The third-order valence-corrected chi connectivity index (χ3v) is 7.58. The molecule has 5 nitrogen and oxygen atoms in total. The number of hydrogen-bond acceptors (Lipinski definition) is 3. The number of piperidine rings is 1. The lowest BCUT2D eigenvalue weighted by Crippen LogP contribution is -2.42. The molecule has 0 bridgehead atoms. The maximum atomic E-state index is 13.1. The predicted octanol–water partition coefficient (Wildman–Crippen LogP) is 3.66. The van der Waals surface area contributed by atoms with Crippen LogP contribution in [0.15, 0.2) is 29.2 Å². The molecule has 0 saturated carbocycles. The number of carbonyl (C=O) groups excluding carboxylic acids is 1. The third kappa shape index (κ3) is 4.29. The summed E-state index contributed by atoms with van der Waals surface area (Å²) in [6.45, 7) is 4.05. The zero-order chi connectivity index (χ0) is 18.6. The molecule has 2 aliphatic heterocycles. The fourth-order valence-corrected chi connectivity index (χ4v) is 5.73. The first kappa shape index (κ1) is 19.4. The Bertz CT molecular complexity index is 724. The number of likely N-dealkylation sites (tertiary alicyclic amines) is 1. The number of rotatable bonds is 3. The van der Waals surface area contributed by atoms with Gasteiger partial charge < -0.3 is 4.90 Å². The van der Waals surface area contributed by atoms with E-state index in [1.807, 2.05) is 11.8 Å². The zero-order valence-corrected chi connectivity index (χ0v) is 16.5. The van der Waals surface area contributed by atoms with Crippen molar-refractivity contribution in [2.45, 2.75) is 69.2 Å². The summed E-state index contributed by atoms with van der Waals surface area (Å²) in [5.74, 6) is -0.0457. The van der Waals surface area contributed by atoms with Gasteiger partial charge in [-0.1, -0.05) is 31.7 Å². The highest BCUT2D eigenvalue weighted by Crippen LogP contribution is 2.26. The highest BCUT2D eigenvalue weighted by molar-refractivity contribution is 7.89. The Morgan fingerprint density at radius 1 is 0.962 bits per heavy atom. The summed E-state index contributed by atoms with van der Waals surface area (Å²) in [5, 5.41) is 0. The summed E-state index contributed by atoms with van der Waals surface area (Å²) < 4.78 is 27.7. The molecule has 26 heavy (non-hydrogen) atoms. The van der Waals surface area contributed by atoms with E-state index < -0.39 is 10.0 Å². The van der Waals surface area contributed by atoms with Crippen molar-refractivity contribution in [1.82, 2.24) is 9.21 Å². The van der Waals surface area contributed by atoms with Crippen LogP contribution in [0.1, 0.15) is 68.6 Å². The normalized spacial score (nSPS) is 23.3. The molecule has 0 aliphatic carbocycles. The summed E-state index contributed by atoms with van der Waals surface area (Å²) in [6, 6.07) is 6.62. The Hall–Kier alpha value is -1.40. The van der Waals surface area contributed by atoms with E-state index in [1.54, 1.807) is 28.6 Å². The molecular weight excluding hydrogens is 348 g/mol. The van der Waals surface area contributed by atoms with Crippen LogP contribution < -0.4 is 0 Å². The third-order valence-electron chi connectivity index (χ3n) is 5.57. The first-order chi connectivity index (χ1) is 12.5. The molecule has 6 heteroatoms. The number of sulfonamides is 1. The van der Waals surface area contributed by atoms with Gasteiger partial charge in [0.1, 0.15) is 0 Å². The molecule has 1 unspecified atom stereocenters. The predicted molar refractivity (Wildman–Crippen MR) is 103 cm³/mol. The largest absolute Gasteiger partial charge is 0.339 e. The molecule has 0 spiro atoms. The average molecular weight is 379 g/mol. The van der Waals surface area contributed by atoms with Gasteiger partial charge in [-0.25, -0.2) is 8.42 Å². The first-order valence-electron chi connectivity index (χ1n) is 9.91. The van der Waals surface area contributed by atoms with Crippen LogP contribution in [0.3, 0.4) is 0 Å². The van der Waals surface area contributed by atoms with Crippen LogP contribution in [0.4, 0.5) is 0 Å². The van der Waals surface area contributed by atoms with Gasteiger partial charge in [-0.05, 0) is 50.8 Å². The van der Waals surface area contributed by atoms with E-state index in [0.29, 0.717) is 12.1 Å².